The van der Waals surface area contributed by atoms with Crippen molar-refractivity contribution in [3.63, 3.8) is 0 Å². The lowest BCUT2D eigenvalue weighted by molar-refractivity contribution is -0.136. The molecule has 0 bridgehead atoms. The molecular formula is C12H14N2O3. The van der Waals surface area contributed by atoms with Crippen LogP contribution in [0.5, 0.6) is 0 Å². The molecule has 0 unspecified atom stereocenters. The number of carboxylic acid groups (broad SMARTS) is 1. The fourth-order valence-electron chi connectivity index (χ4n) is 1.89. The van der Waals surface area contributed by atoms with Gasteiger partial charge in [0, 0.05) is 25.0 Å². The van der Waals surface area contributed by atoms with Gasteiger partial charge in [0.1, 0.15) is 0 Å². The van der Waals surface area contributed by atoms with E-state index >= 15 is 0 Å². The molecule has 1 amide bonds. The van der Waals surface area contributed by atoms with Gasteiger partial charge in [-0.15, -0.1) is 0 Å². The van der Waals surface area contributed by atoms with E-state index in [2.05, 4.69) is 5.32 Å². The van der Waals surface area contributed by atoms with Crippen molar-refractivity contribution in [1.82, 2.24) is 0 Å². The van der Waals surface area contributed by atoms with Gasteiger partial charge >= 0.3 is 5.97 Å². The Labute approximate surface area is 99.0 Å². The van der Waals surface area contributed by atoms with Gasteiger partial charge < -0.3 is 15.3 Å². The van der Waals surface area contributed by atoms with Crippen molar-refractivity contribution >= 4 is 23.3 Å². The fourth-order valence-corrected chi connectivity index (χ4v) is 1.89. The first kappa shape index (κ1) is 11.4. The third-order valence-corrected chi connectivity index (χ3v) is 2.82. The zero-order valence-electron chi connectivity index (χ0n) is 9.56. The normalized spacial score (nSPS) is 13.7. The van der Waals surface area contributed by atoms with Gasteiger partial charge in [-0.25, -0.2) is 0 Å². The topological polar surface area (TPSA) is 69.6 Å². The van der Waals surface area contributed by atoms with E-state index in [4.69, 9.17) is 5.11 Å². The van der Waals surface area contributed by atoms with Crippen LogP contribution in [0.1, 0.15) is 12.0 Å². The summed E-state index contributed by atoms with van der Waals surface area (Å²) >= 11 is 0. The van der Waals surface area contributed by atoms with Crippen molar-refractivity contribution in [3.8, 4) is 0 Å². The number of hydrogen-bond donors (Lipinski definition) is 2. The minimum atomic E-state index is -0.825. The van der Waals surface area contributed by atoms with Crippen LogP contribution in [-0.4, -0.2) is 30.6 Å². The van der Waals surface area contributed by atoms with Gasteiger partial charge in [0.2, 0.25) is 5.91 Å². The molecule has 0 atom stereocenters. The molecule has 1 aliphatic rings. The molecule has 1 aromatic carbocycles. The van der Waals surface area contributed by atoms with Gasteiger partial charge in [-0.3, -0.25) is 9.59 Å². The Morgan fingerprint density at radius 2 is 2.29 bits per heavy atom. The number of benzene rings is 1. The molecule has 17 heavy (non-hydrogen) atoms. The number of aliphatic carboxylic acids is 1. The van der Waals surface area contributed by atoms with E-state index < -0.39 is 5.97 Å². The number of carbonyl (C=O) groups is 2. The van der Waals surface area contributed by atoms with Crippen molar-refractivity contribution in [2.75, 3.05) is 23.8 Å². The first-order chi connectivity index (χ1) is 8.08. The Balaban J connectivity index is 2.05. The summed E-state index contributed by atoms with van der Waals surface area (Å²) in [5.41, 5.74) is 2.77. The van der Waals surface area contributed by atoms with Crippen LogP contribution in [0.3, 0.4) is 0 Å². The van der Waals surface area contributed by atoms with Crippen LogP contribution >= 0.6 is 0 Å². The fraction of sp³-hybridized carbons (Fsp3) is 0.333. The maximum atomic E-state index is 11.5. The smallest absolute Gasteiger partial charge is 0.305 e. The second-order valence-corrected chi connectivity index (χ2v) is 4.04. The van der Waals surface area contributed by atoms with E-state index in [1.807, 2.05) is 18.2 Å². The van der Waals surface area contributed by atoms with Crippen molar-refractivity contribution in [2.45, 2.75) is 12.8 Å². The predicted molar refractivity (Wildman–Crippen MR) is 64.3 cm³/mol. The molecule has 5 nitrogen and oxygen atoms in total. The van der Waals surface area contributed by atoms with E-state index in [-0.39, 0.29) is 12.3 Å². The van der Waals surface area contributed by atoms with Crippen LogP contribution in [-0.2, 0) is 16.0 Å². The SMILES string of the molecule is CN1C(=O)Cc2cc(NCCC(=O)O)ccc21. The molecular weight excluding hydrogens is 220 g/mol. The molecule has 0 aromatic heterocycles. The molecule has 90 valence electrons. The molecule has 0 radical (unpaired) electrons. The first-order valence-corrected chi connectivity index (χ1v) is 5.43. The van der Waals surface area contributed by atoms with E-state index in [9.17, 15) is 9.59 Å². The lowest BCUT2D eigenvalue weighted by Gasteiger charge is -2.11. The van der Waals surface area contributed by atoms with Crippen LogP contribution < -0.4 is 10.2 Å². The Morgan fingerprint density at radius 3 is 3.00 bits per heavy atom. The molecule has 0 spiro atoms. The molecule has 0 fully saturated rings. The Morgan fingerprint density at radius 1 is 1.53 bits per heavy atom. The average molecular weight is 234 g/mol. The van der Waals surface area contributed by atoms with Gasteiger partial charge in [-0.05, 0) is 23.8 Å². The summed E-state index contributed by atoms with van der Waals surface area (Å²) < 4.78 is 0. The number of rotatable bonds is 4. The van der Waals surface area contributed by atoms with Gasteiger partial charge in [0.25, 0.3) is 0 Å². The van der Waals surface area contributed by atoms with Crippen molar-refractivity contribution in [2.24, 2.45) is 0 Å². The van der Waals surface area contributed by atoms with E-state index in [0.29, 0.717) is 13.0 Å². The summed E-state index contributed by atoms with van der Waals surface area (Å²) in [7, 11) is 1.76. The third kappa shape index (κ3) is 2.38. The highest BCUT2D eigenvalue weighted by molar-refractivity contribution is 6.01. The van der Waals surface area contributed by atoms with Gasteiger partial charge in [-0.1, -0.05) is 0 Å². The zero-order chi connectivity index (χ0) is 12.4. The summed E-state index contributed by atoms with van der Waals surface area (Å²) in [6.07, 6.45) is 0.496. The molecule has 0 aliphatic carbocycles. The Kier molecular flexibility index (Phi) is 2.99. The zero-order valence-corrected chi connectivity index (χ0v) is 9.56. The highest BCUT2D eigenvalue weighted by Crippen LogP contribution is 2.29. The maximum absolute atomic E-state index is 11.5. The first-order valence-electron chi connectivity index (χ1n) is 5.43. The second-order valence-electron chi connectivity index (χ2n) is 4.04. The summed E-state index contributed by atoms with van der Waals surface area (Å²) in [4.78, 5) is 23.5. The molecule has 1 heterocycles. The standard InChI is InChI=1S/C12H14N2O3/c1-14-10-3-2-9(13-5-4-12(16)17)6-8(10)7-11(14)15/h2-3,6,13H,4-5,7H2,1H3,(H,16,17). The summed E-state index contributed by atoms with van der Waals surface area (Å²) in [6, 6.07) is 5.64. The summed E-state index contributed by atoms with van der Waals surface area (Å²) in [5, 5.41) is 11.5. The lowest BCUT2D eigenvalue weighted by atomic mass is 10.1. The molecule has 1 aromatic rings. The van der Waals surface area contributed by atoms with Gasteiger partial charge in [-0.2, -0.15) is 0 Å². The Hall–Kier alpha value is -2.04. The number of nitrogens with one attached hydrogen (secondary N) is 1. The number of carboxylic acids is 1. The average Bonchev–Trinajstić information content (AvgIpc) is 2.54. The number of fused-ring (bicyclic) bond motifs is 1. The summed E-state index contributed by atoms with van der Waals surface area (Å²) in [6.45, 7) is 0.387. The number of carbonyl (C=O) groups excluding carboxylic acids is 1. The van der Waals surface area contributed by atoms with Crippen LogP contribution in [0.15, 0.2) is 18.2 Å². The minimum Gasteiger partial charge on any atom is -0.481 e. The van der Waals surface area contributed by atoms with Gasteiger partial charge in [0.15, 0.2) is 0 Å². The molecule has 5 heteroatoms. The minimum absolute atomic E-state index is 0.0793. The maximum Gasteiger partial charge on any atom is 0.305 e. The monoisotopic (exact) mass is 234 g/mol. The van der Waals surface area contributed by atoms with E-state index in [1.165, 1.54) is 0 Å². The van der Waals surface area contributed by atoms with Crippen molar-refractivity contribution in [3.05, 3.63) is 23.8 Å². The highest BCUT2D eigenvalue weighted by Gasteiger charge is 2.23. The number of nitrogens with zero attached hydrogens (tertiary/aromatic N) is 1. The number of likely N-dealkylation sites (N-methyl/N-ethyl adjacent to an activating group) is 1. The molecule has 2 N–H and O–H groups in total. The molecule has 0 saturated carbocycles. The molecule has 1 aliphatic heterocycles. The van der Waals surface area contributed by atoms with Gasteiger partial charge in [0.05, 0.1) is 12.8 Å². The van der Waals surface area contributed by atoms with E-state index in [1.54, 1.807) is 11.9 Å². The number of amides is 1. The second kappa shape index (κ2) is 4.45. The number of anilines is 2. The third-order valence-electron chi connectivity index (χ3n) is 2.82. The van der Waals surface area contributed by atoms with E-state index in [0.717, 1.165) is 16.9 Å². The number of hydrogen-bond acceptors (Lipinski definition) is 3. The highest BCUT2D eigenvalue weighted by atomic mass is 16.4. The van der Waals surface area contributed by atoms with Crippen molar-refractivity contribution in [1.29, 1.82) is 0 Å². The largest absolute Gasteiger partial charge is 0.481 e. The molecule has 2 rings (SSSR count). The lowest BCUT2D eigenvalue weighted by Crippen LogP contribution is -2.20. The van der Waals surface area contributed by atoms with Crippen LogP contribution in [0, 0.1) is 0 Å². The Bertz CT molecular complexity index is 471. The van der Waals surface area contributed by atoms with Crippen LogP contribution in [0.25, 0.3) is 0 Å². The quantitative estimate of drug-likeness (QED) is 0.818. The molecule has 0 saturated heterocycles. The summed E-state index contributed by atoms with van der Waals surface area (Å²) in [5.74, 6) is -0.740. The van der Waals surface area contributed by atoms with Crippen LogP contribution in [0.4, 0.5) is 11.4 Å². The van der Waals surface area contributed by atoms with Crippen molar-refractivity contribution < 1.29 is 14.7 Å². The predicted octanol–water partition coefficient (Wildman–Crippen LogP) is 1.09. The van der Waals surface area contributed by atoms with Crippen LogP contribution in [0.2, 0.25) is 0 Å².